The number of hydrogen-bond acceptors (Lipinski definition) is 6. The minimum atomic E-state index is -4.60. The quantitative estimate of drug-likeness (QED) is 0.167. The number of rotatable bonds is 6. The molecule has 4 N–H and O–H groups in total. The Morgan fingerprint density at radius 3 is 2.68 bits per heavy atom. The summed E-state index contributed by atoms with van der Waals surface area (Å²) in [6, 6.07) is 10.7. The number of aromatic nitrogens is 1. The molecular weight excluding hydrogens is 546 g/mol. The van der Waals surface area contributed by atoms with Crippen LogP contribution in [0.15, 0.2) is 48.5 Å². The second kappa shape index (κ2) is 9.69. The minimum Gasteiger partial charge on any atom is -0.376 e. The molecule has 0 radical (unpaired) electrons. The number of nitrogens with one attached hydrogen (secondary N) is 4. The summed E-state index contributed by atoms with van der Waals surface area (Å²) in [5.74, 6) is -2.03. The number of alkyl halides is 3. The van der Waals surface area contributed by atoms with E-state index in [4.69, 9.17) is 17.0 Å². The van der Waals surface area contributed by atoms with E-state index in [1.807, 2.05) is 0 Å². The van der Waals surface area contributed by atoms with Crippen LogP contribution < -0.4 is 16.0 Å². The van der Waals surface area contributed by atoms with E-state index in [9.17, 15) is 27.2 Å². The second-order valence-electron chi connectivity index (χ2n) is 8.34. The molecule has 1 aliphatic heterocycles. The molecule has 13 heteroatoms. The second-order valence-corrected chi connectivity index (χ2v) is 9.55. The van der Waals surface area contributed by atoms with Crippen LogP contribution >= 0.6 is 23.1 Å². The maximum atomic E-state index is 14.1. The van der Waals surface area contributed by atoms with E-state index < -0.39 is 36.4 Å². The lowest BCUT2D eigenvalue weighted by Gasteiger charge is -2.21. The van der Waals surface area contributed by atoms with Crippen LogP contribution in [-0.2, 0) is 0 Å². The highest BCUT2D eigenvalue weighted by Crippen LogP contribution is 2.43. The van der Waals surface area contributed by atoms with Crippen LogP contribution in [0.25, 0.3) is 10.1 Å². The normalized spacial score (nSPS) is 14.8. The van der Waals surface area contributed by atoms with Gasteiger partial charge in [0.15, 0.2) is 0 Å². The summed E-state index contributed by atoms with van der Waals surface area (Å²) < 4.78 is 58.1. The van der Waals surface area contributed by atoms with Crippen LogP contribution in [0, 0.1) is 11.2 Å². The Morgan fingerprint density at radius 2 is 1.95 bits per heavy atom. The number of nitrogens with zero attached hydrogens (tertiary/aromatic N) is 1. The number of carbonyl (C=O) groups excluding carboxylic acids is 2. The van der Waals surface area contributed by atoms with Gasteiger partial charge in [0.25, 0.3) is 11.8 Å². The molecule has 194 valence electrons. The van der Waals surface area contributed by atoms with Gasteiger partial charge in [0.1, 0.15) is 18.1 Å². The third-order valence-electron chi connectivity index (χ3n) is 5.93. The summed E-state index contributed by atoms with van der Waals surface area (Å²) in [6.07, 6.45) is -3.85. The summed E-state index contributed by atoms with van der Waals surface area (Å²) in [5, 5.41) is 16.0. The fourth-order valence-electron chi connectivity index (χ4n) is 4.33. The van der Waals surface area contributed by atoms with Crippen molar-refractivity contribution in [2.24, 2.45) is 0 Å². The zero-order valence-electron chi connectivity index (χ0n) is 19.0. The minimum absolute atomic E-state index is 0.0268. The number of amides is 2. The van der Waals surface area contributed by atoms with Crippen LogP contribution in [0.2, 0.25) is 5.02 Å². The molecule has 0 fully saturated rings. The molecule has 38 heavy (non-hydrogen) atoms. The summed E-state index contributed by atoms with van der Waals surface area (Å²) in [4.78, 5) is 26.4. The summed E-state index contributed by atoms with van der Waals surface area (Å²) in [7, 11) is 0. The first-order valence-electron chi connectivity index (χ1n) is 11.0. The maximum Gasteiger partial charge on any atom is 0.405 e. The summed E-state index contributed by atoms with van der Waals surface area (Å²) in [6.45, 7) is -1.45. The van der Waals surface area contributed by atoms with Crippen LogP contribution in [0.4, 0.5) is 28.9 Å². The molecule has 0 saturated heterocycles. The topological polar surface area (TPSA) is 107 Å². The van der Waals surface area contributed by atoms with Gasteiger partial charge in [-0.25, -0.2) is 4.39 Å². The average Bonchev–Trinajstić information content (AvgIpc) is 3.45. The van der Waals surface area contributed by atoms with Gasteiger partial charge in [-0.05, 0) is 41.9 Å². The van der Waals surface area contributed by atoms with Crippen molar-refractivity contribution >= 4 is 62.6 Å². The van der Waals surface area contributed by atoms with Gasteiger partial charge in [0.2, 0.25) is 0 Å². The van der Waals surface area contributed by atoms with Crippen LogP contribution in [-0.4, -0.2) is 35.1 Å². The third kappa shape index (κ3) is 4.68. The van der Waals surface area contributed by atoms with Crippen LogP contribution in [0.3, 0.4) is 0 Å². The van der Waals surface area contributed by atoms with E-state index in [-0.39, 0.29) is 44.3 Å². The van der Waals surface area contributed by atoms with E-state index in [1.54, 1.807) is 24.3 Å². The Bertz CT molecular complexity index is 1620. The molecule has 0 bridgehead atoms. The molecule has 1 atom stereocenters. The molecule has 2 amide bonds. The van der Waals surface area contributed by atoms with Gasteiger partial charge in [-0.15, -0.1) is 0 Å². The van der Waals surface area contributed by atoms with E-state index in [0.29, 0.717) is 5.39 Å². The number of halogens is 5. The SMILES string of the molecule is N=Cc1c(NCC(F)(F)F)cc(NC(=O)c2nsc3ccccc23)c2c1C(=O)NC2c1cc(F)ccc1Cl. The molecule has 1 aromatic heterocycles. The number of fused-ring (bicyclic) bond motifs is 2. The Morgan fingerprint density at radius 1 is 1.18 bits per heavy atom. The van der Waals surface area contributed by atoms with Gasteiger partial charge in [0.05, 0.1) is 16.3 Å². The van der Waals surface area contributed by atoms with Crippen molar-refractivity contribution in [3.63, 3.8) is 0 Å². The van der Waals surface area contributed by atoms with Gasteiger partial charge in [-0.2, -0.15) is 17.5 Å². The average molecular weight is 562 g/mol. The van der Waals surface area contributed by atoms with Crippen molar-refractivity contribution in [3.05, 3.63) is 87.3 Å². The lowest BCUT2D eigenvalue weighted by molar-refractivity contribution is -0.115. The van der Waals surface area contributed by atoms with Crippen molar-refractivity contribution in [2.45, 2.75) is 12.2 Å². The van der Waals surface area contributed by atoms with E-state index in [0.717, 1.165) is 34.6 Å². The monoisotopic (exact) mass is 561 g/mol. The number of benzene rings is 3. The van der Waals surface area contributed by atoms with Gasteiger partial charge in [-0.3, -0.25) is 9.59 Å². The lowest BCUT2D eigenvalue weighted by Crippen LogP contribution is -2.23. The standard InChI is InChI=1S/C25H16ClF4N5O2S/c26-15-6-5-11(27)7-13(15)21-20-17(33-24(37)22-12-3-1-2-4-18(12)38-35-22)8-16(32-10-25(28,29)30)14(9-31)19(20)23(36)34-21/h1-9,21,31-32H,10H2,(H,33,37)(H,34,36). The fraction of sp³-hybridized carbons (Fsp3) is 0.120. The molecule has 4 aromatic rings. The maximum absolute atomic E-state index is 14.1. The molecule has 3 aromatic carbocycles. The molecule has 0 saturated carbocycles. The first-order chi connectivity index (χ1) is 18.1. The highest BCUT2D eigenvalue weighted by Gasteiger charge is 2.38. The first-order valence-corrected chi connectivity index (χ1v) is 12.2. The van der Waals surface area contributed by atoms with Gasteiger partial charge in [-0.1, -0.05) is 29.8 Å². The largest absolute Gasteiger partial charge is 0.405 e. The third-order valence-corrected chi connectivity index (χ3v) is 7.10. The number of hydrogen-bond donors (Lipinski definition) is 4. The van der Waals surface area contributed by atoms with Crippen molar-refractivity contribution in [2.75, 3.05) is 17.2 Å². The Balaban J connectivity index is 1.68. The van der Waals surface area contributed by atoms with Gasteiger partial charge < -0.3 is 21.4 Å². The smallest absolute Gasteiger partial charge is 0.376 e. The highest BCUT2D eigenvalue weighted by molar-refractivity contribution is 7.13. The van der Waals surface area contributed by atoms with Crippen LogP contribution in [0.1, 0.15) is 43.6 Å². The van der Waals surface area contributed by atoms with Crippen molar-refractivity contribution in [3.8, 4) is 0 Å². The molecule has 1 unspecified atom stereocenters. The zero-order valence-corrected chi connectivity index (χ0v) is 20.6. The van der Waals surface area contributed by atoms with Crippen molar-refractivity contribution in [1.29, 1.82) is 5.41 Å². The summed E-state index contributed by atoms with van der Waals surface area (Å²) in [5.41, 5.74) is -0.119. The highest BCUT2D eigenvalue weighted by atomic mass is 35.5. The number of carbonyl (C=O) groups is 2. The fourth-order valence-corrected chi connectivity index (χ4v) is 5.33. The Hall–Kier alpha value is -4.03. The molecule has 1 aliphatic rings. The zero-order chi connectivity index (χ0) is 27.2. The Labute approximate surface area is 221 Å². The molecule has 0 spiro atoms. The van der Waals surface area contributed by atoms with Gasteiger partial charge in [0, 0.05) is 44.7 Å². The molecule has 2 heterocycles. The van der Waals surface area contributed by atoms with E-state index >= 15 is 0 Å². The van der Waals surface area contributed by atoms with E-state index in [2.05, 4.69) is 20.3 Å². The predicted octanol–water partition coefficient (Wildman–Crippen LogP) is 6.15. The van der Waals surface area contributed by atoms with Crippen molar-refractivity contribution < 1.29 is 27.2 Å². The molecule has 5 rings (SSSR count). The van der Waals surface area contributed by atoms with E-state index in [1.165, 1.54) is 12.1 Å². The summed E-state index contributed by atoms with van der Waals surface area (Å²) >= 11 is 7.40. The number of anilines is 2. The first kappa shape index (κ1) is 25.6. The Kier molecular flexibility index (Phi) is 6.53. The van der Waals surface area contributed by atoms with Gasteiger partial charge >= 0.3 is 6.18 Å². The predicted molar refractivity (Wildman–Crippen MR) is 137 cm³/mol. The van der Waals surface area contributed by atoms with Crippen molar-refractivity contribution in [1.82, 2.24) is 9.69 Å². The molecular formula is C25H16ClF4N5O2S. The van der Waals surface area contributed by atoms with Crippen LogP contribution in [0.5, 0.6) is 0 Å². The lowest BCUT2D eigenvalue weighted by atomic mass is 9.92. The molecule has 7 nitrogen and oxygen atoms in total. The molecule has 0 aliphatic carbocycles.